The molecule has 6 aromatic carbocycles. The van der Waals surface area contributed by atoms with E-state index in [2.05, 4.69) is 233 Å². The lowest BCUT2D eigenvalue weighted by molar-refractivity contribution is 1.13. The zero-order valence-electron chi connectivity index (χ0n) is 36.2. The molecule has 60 heavy (non-hydrogen) atoms. The number of fused-ring (bicyclic) bond motifs is 5. The average Bonchev–Trinajstić information content (AvgIpc) is 3.24. The molecule has 2 aliphatic heterocycles. The Morgan fingerprint density at radius 2 is 0.883 bits per heavy atom. The van der Waals surface area contributed by atoms with Gasteiger partial charge in [-0.3, -0.25) is 0 Å². The summed E-state index contributed by atoms with van der Waals surface area (Å²) in [5, 5.41) is 2.24. The fraction of sp³-hybridized carbons (Fsp3) is 0.143. The number of benzene rings is 5. The summed E-state index contributed by atoms with van der Waals surface area (Å²) in [7, 11) is 4.30. The topological polar surface area (TPSA) is 13.0 Å². The Morgan fingerprint density at radius 1 is 0.433 bits per heavy atom. The molecule has 4 nitrogen and oxygen atoms in total. The molecule has 298 valence electrons. The first-order valence-corrected chi connectivity index (χ1v) is 20.7. The van der Waals surface area contributed by atoms with Crippen LogP contribution >= 0.6 is 0 Å². The second-order valence-electron chi connectivity index (χ2n) is 16.3. The molecule has 6 aromatic rings. The van der Waals surface area contributed by atoms with Gasteiger partial charge in [0, 0.05) is 25.5 Å². The molecule has 0 radical (unpaired) electrons. The minimum atomic E-state index is 0.948. The van der Waals surface area contributed by atoms with Crippen LogP contribution in [0.25, 0.3) is 21.9 Å². The monoisotopic (exact) mass is 782 g/mol. The van der Waals surface area contributed by atoms with Crippen LogP contribution in [0.2, 0.25) is 0 Å². The van der Waals surface area contributed by atoms with Crippen LogP contribution in [0.5, 0.6) is 0 Å². The SMILES string of the molecule is C=C(C)/C=C(/C)C(=C)c1cccc(N2c3ccccc3N(C)c3ccccc32)ccc(/C(C)=C(\C)C=C(C)C)c2ccc(N3c4ccccc4N(C)c4ccccc43)cc12. The molecule has 0 bridgehead atoms. The van der Waals surface area contributed by atoms with Gasteiger partial charge in [0.1, 0.15) is 0 Å². The van der Waals surface area contributed by atoms with Gasteiger partial charge in [-0.15, -0.1) is 0 Å². The first-order chi connectivity index (χ1) is 28.9. The summed E-state index contributed by atoms with van der Waals surface area (Å²) < 4.78 is 0. The van der Waals surface area contributed by atoms with Gasteiger partial charge in [0.05, 0.1) is 45.5 Å². The number of allylic oxidation sites excluding steroid dienone is 8. The number of para-hydroxylation sites is 8. The average molecular weight is 783 g/mol. The minimum Gasteiger partial charge on any atom is -0.341 e. The Balaban J connectivity index is 1.48. The van der Waals surface area contributed by atoms with Crippen LogP contribution in [0.3, 0.4) is 0 Å². The zero-order chi connectivity index (χ0) is 42.2. The summed E-state index contributed by atoms with van der Waals surface area (Å²) in [6.45, 7) is 22.0. The normalized spacial score (nSPS) is 13.4. The molecule has 0 atom stereocenters. The van der Waals surface area contributed by atoms with Gasteiger partial charge in [0.25, 0.3) is 0 Å². The van der Waals surface area contributed by atoms with E-state index in [1.807, 2.05) is 6.92 Å². The lowest BCUT2D eigenvalue weighted by Crippen LogP contribution is -2.23. The van der Waals surface area contributed by atoms with Crippen molar-refractivity contribution >= 4 is 78.8 Å². The van der Waals surface area contributed by atoms with E-state index in [1.165, 1.54) is 16.7 Å². The van der Waals surface area contributed by atoms with Crippen molar-refractivity contribution in [3.8, 4) is 0 Å². The van der Waals surface area contributed by atoms with Crippen LogP contribution in [-0.4, -0.2) is 14.1 Å². The highest BCUT2D eigenvalue weighted by Gasteiger charge is 2.29. The van der Waals surface area contributed by atoms with E-state index in [0.29, 0.717) is 0 Å². The Morgan fingerprint density at radius 3 is 1.35 bits per heavy atom. The third kappa shape index (κ3) is 7.20. The number of nitrogens with zero attached hydrogens (tertiary/aromatic N) is 4. The number of hydrogen-bond donors (Lipinski definition) is 0. The summed E-state index contributed by atoms with van der Waals surface area (Å²) in [5.74, 6) is 0. The molecule has 0 saturated carbocycles. The smallest absolute Gasteiger partial charge is 0.0699 e. The van der Waals surface area contributed by atoms with E-state index in [9.17, 15) is 0 Å². The molecule has 2 heterocycles. The van der Waals surface area contributed by atoms with E-state index in [1.54, 1.807) is 0 Å². The lowest BCUT2D eigenvalue weighted by atomic mass is 9.91. The Labute approximate surface area is 357 Å². The molecule has 0 saturated heterocycles. The van der Waals surface area contributed by atoms with Crippen molar-refractivity contribution in [3.05, 3.63) is 204 Å². The van der Waals surface area contributed by atoms with Crippen LogP contribution in [0.4, 0.5) is 56.9 Å². The maximum absolute atomic E-state index is 4.80. The van der Waals surface area contributed by atoms with Gasteiger partial charge < -0.3 is 19.6 Å². The van der Waals surface area contributed by atoms with Gasteiger partial charge in [-0.1, -0.05) is 109 Å². The molecule has 0 spiro atoms. The van der Waals surface area contributed by atoms with Crippen LogP contribution in [-0.2, 0) is 0 Å². The molecular weight excluding hydrogens is 729 g/mol. The van der Waals surface area contributed by atoms with Crippen LogP contribution < -0.4 is 19.6 Å². The number of anilines is 10. The van der Waals surface area contributed by atoms with Crippen molar-refractivity contribution < 1.29 is 0 Å². The van der Waals surface area contributed by atoms with Gasteiger partial charge in [-0.25, -0.2) is 0 Å². The fourth-order valence-electron chi connectivity index (χ4n) is 8.76. The van der Waals surface area contributed by atoms with E-state index in [-0.39, 0.29) is 0 Å². The van der Waals surface area contributed by atoms with Crippen molar-refractivity contribution in [1.29, 1.82) is 0 Å². The van der Waals surface area contributed by atoms with Crippen molar-refractivity contribution in [3.63, 3.8) is 0 Å². The maximum atomic E-state index is 4.80. The minimum absolute atomic E-state index is 0.948. The summed E-state index contributed by atoms with van der Waals surface area (Å²) in [5.41, 5.74) is 20.1. The molecule has 8 rings (SSSR count). The quantitative estimate of drug-likeness (QED) is 0.150. The largest absolute Gasteiger partial charge is 0.341 e. The van der Waals surface area contributed by atoms with Crippen molar-refractivity contribution in [2.45, 2.75) is 41.5 Å². The Kier molecular flexibility index (Phi) is 10.8. The summed E-state index contributed by atoms with van der Waals surface area (Å²) >= 11 is 0. The summed E-state index contributed by atoms with van der Waals surface area (Å²) in [4.78, 5) is 9.36. The zero-order valence-corrected chi connectivity index (χ0v) is 36.2. The highest BCUT2D eigenvalue weighted by Crippen LogP contribution is 2.52. The fourth-order valence-corrected chi connectivity index (χ4v) is 8.76. The van der Waals surface area contributed by atoms with E-state index in [0.717, 1.165) is 95.5 Å². The lowest BCUT2D eigenvalue weighted by Gasteiger charge is -2.38. The molecule has 0 amide bonds. The Hall–Kier alpha value is -7.04. The molecule has 4 heteroatoms. The van der Waals surface area contributed by atoms with E-state index < -0.39 is 0 Å². The molecule has 0 N–H and O–H groups in total. The van der Waals surface area contributed by atoms with Crippen LogP contribution in [0, 0.1) is 0 Å². The number of hydrogen-bond acceptors (Lipinski definition) is 4. The van der Waals surface area contributed by atoms with Crippen molar-refractivity contribution in [2.75, 3.05) is 33.7 Å². The molecule has 0 aliphatic carbocycles. The highest BCUT2D eigenvalue weighted by atomic mass is 15.3. The number of rotatable bonds is 7. The standard InChI is InChI=1S/C56H54N4/c1-37(2)34-39(5)41(7)45-21-19-20-43(59-53-26-15-11-22-49(53)57(9)50-23-12-16-27-54(50)59)30-32-46(42(8)40(6)35-38(3)4)47-33-31-44(36-48(45)47)60-55-28-17-13-24-51(55)58(10)52-25-14-18-29-56(52)60/h11-36H,1,7H2,2-6,8-10H3/b20-19?,21-19?,32-30?,39-34-,42-40+,43-20?,43-30?,45-21?,46-32?,47-46?,48-45?. The molecule has 0 unspecified atom stereocenters. The van der Waals surface area contributed by atoms with Crippen LogP contribution in [0.1, 0.15) is 52.7 Å². The van der Waals surface area contributed by atoms with Gasteiger partial charge in [0.15, 0.2) is 0 Å². The van der Waals surface area contributed by atoms with Gasteiger partial charge in [0.2, 0.25) is 0 Å². The van der Waals surface area contributed by atoms with Crippen molar-refractivity contribution in [2.24, 2.45) is 0 Å². The molecule has 0 fully saturated rings. The summed E-state index contributed by atoms with van der Waals surface area (Å²) in [6.07, 6.45) is 4.42. The van der Waals surface area contributed by atoms with E-state index in [4.69, 9.17) is 6.58 Å². The maximum Gasteiger partial charge on any atom is 0.0699 e. The highest BCUT2D eigenvalue weighted by molar-refractivity contribution is 6.05. The second-order valence-corrected chi connectivity index (χ2v) is 16.3. The second kappa shape index (κ2) is 16.3. The third-order valence-electron chi connectivity index (χ3n) is 11.8. The van der Waals surface area contributed by atoms with Gasteiger partial charge >= 0.3 is 0 Å². The first-order valence-electron chi connectivity index (χ1n) is 20.7. The molecule has 0 aromatic heterocycles. The van der Waals surface area contributed by atoms with Crippen molar-refractivity contribution in [1.82, 2.24) is 0 Å². The Bertz CT molecular complexity index is 2770. The first kappa shape index (κ1) is 39.8. The molecule has 2 aliphatic rings. The summed E-state index contributed by atoms with van der Waals surface area (Å²) in [6, 6.07) is 52.9. The van der Waals surface area contributed by atoms with Gasteiger partial charge in [-0.05, 0) is 159 Å². The third-order valence-corrected chi connectivity index (χ3v) is 11.8. The van der Waals surface area contributed by atoms with Gasteiger partial charge in [-0.2, -0.15) is 0 Å². The van der Waals surface area contributed by atoms with E-state index >= 15 is 0 Å². The molecular formula is C56H54N4. The predicted octanol–water partition coefficient (Wildman–Crippen LogP) is 16.4. The van der Waals surface area contributed by atoms with Crippen LogP contribution in [0.15, 0.2) is 193 Å². The predicted molar refractivity (Wildman–Crippen MR) is 262 cm³/mol.